The smallest absolute Gasteiger partial charge is 0.267 e. The Morgan fingerprint density at radius 3 is 2.48 bits per heavy atom. The van der Waals surface area contributed by atoms with Crippen molar-refractivity contribution in [2.45, 2.75) is 18.9 Å². The van der Waals surface area contributed by atoms with Gasteiger partial charge < -0.3 is 15.6 Å². The highest BCUT2D eigenvalue weighted by atomic mass is 35.5. The van der Waals surface area contributed by atoms with Gasteiger partial charge >= 0.3 is 0 Å². The first-order valence-corrected chi connectivity index (χ1v) is 7.09. The van der Waals surface area contributed by atoms with Crippen LogP contribution in [0.4, 0.5) is 0 Å². The van der Waals surface area contributed by atoms with Crippen molar-refractivity contribution in [3.63, 3.8) is 0 Å². The van der Waals surface area contributed by atoms with Crippen LogP contribution in [0.3, 0.4) is 0 Å². The van der Waals surface area contributed by atoms with Crippen LogP contribution in [-0.2, 0) is 0 Å². The van der Waals surface area contributed by atoms with Gasteiger partial charge in [0.05, 0.1) is 0 Å². The van der Waals surface area contributed by atoms with E-state index in [0.29, 0.717) is 5.69 Å². The maximum atomic E-state index is 12.2. The van der Waals surface area contributed by atoms with E-state index >= 15 is 0 Å². The molecule has 0 unspecified atom stereocenters. The molecule has 0 saturated carbocycles. The van der Waals surface area contributed by atoms with Crippen LogP contribution in [0.15, 0.2) is 42.5 Å². The molecule has 0 bridgehead atoms. The van der Waals surface area contributed by atoms with Crippen LogP contribution in [0.25, 0.3) is 11.3 Å². The Labute approximate surface area is 130 Å². The lowest BCUT2D eigenvalue weighted by Gasteiger charge is -2.23. The minimum absolute atomic E-state index is 0. The summed E-state index contributed by atoms with van der Waals surface area (Å²) in [7, 11) is 0. The lowest BCUT2D eigenvalue weighted by Crippen LogP contribution is -2.42. The molecule has 1 aromatic carbocycles. The monoisotopic (exact) mass is 305 g/mol. The molecule has 0 spiro atoms. The summed E-state index contributed by atoms with van der Waals surface area (Å²) in [6.45, 7) is 1.95. The van der Waals surface area contributed by atoms with Crippen LogP contribution in [-0.4, -0.2) is 30.0 Å². The average Bonchev–Trinajstić information content (AvgIpc) is 2.99. The van der Waals surface area contributed by atoms with Gasteiger partial charge in [-0.2, -0.15) is 0 Å². The number of carbonyl (C=O) groups excluding carboxylic acids is 1. The summed E-state index contributed by atoms with van der Waals surface area (Å²) in [6, 6.07) is 14.1. The molecule has 0 aliphatic carbocycles. The van der Waals surface area contributed by atoms with Crippen molar-refractivity contribution in [2.75, 3.05) is 13.1 Å². The molecule has 1 aromatic heterocycles. The van der Waals surface area contributed by atoms with Crippen LogP contribution < -0.4 is 10.6 Å². The Balaban J connectivity index is 0.00000161. The molecule has 21 heavy (non-hydrogen) atoms. The Bertz CT molecular complexity index is 576. The summed E-state index contributed by atoms with van der Waals surface area (Å²) in [5.41, 5.74) is 2.69. The van der Waals surface area contributed by atoms with Crippen LogP contribution in [0.5, 0.6) is 0 Å². The number of hydrogen-bond acceptors (Lipinski definition) is 2. The van der Waals surface area contributed by atoms with E-state index in [9.17, 15) is 4.79 Å². The average molecular weight is 306 g/mol. The summed E-state index contributed by atoms with van der Waals surface area (Å²) >= 11 is 0. The molecule has 1 amide bonds. The van der Waals surface area contributed by atoms with Gasteiger partial charge in [0.15, 0.2) is 0 Å². The van der Waals surface area contributed by atoms with Crippen molar-refractivity contribution >= 4 is 18.3 Å². The van der Waals surface area contributed by atoms with Gasteiger partial charge in [0.2, 0.25) is 0 Å². The molecule has 2 heterocycles. The topological polar surface area (TPSA) is 56.9 Å². The summed E-state index contributed by atoms with van der Waals surface area (Å²) in [5.74, 6) is -0.0147. The molecule has 112 valence electrons. The predicted molar refractivity (Wildman–Crippen MR) is 86.8 cm³/mol. The number of nitrogens with one attached hydrogen (secondary N) is 3. The van der Waals surface area contributed by atoms with Crippen LogP contribution in [0, 0.1) is 0 Å². The molecule has 1 aliphatic rings. The fourth-order valence-electron chi connectivity index (χ4n) is 2.54. The van der Waals surface area contributed by atoms with Crippen molar-refractivity contribution in [1.82, 2.24) is 15.6 Å². The highest BCUT2D eigenvalue weighted by Crippen LogP contribution is 2.18. The molecule has 0 radical (unpaired) electrons. The Kier molecular flexibility index (Phi) is 5.42. The normalized spacial score (nSPS) is 15.2. The minimum Gasteiger partial charge on any atom is -0.351 e. The van der Waals surface area contributed by atoms with Crippen molar-refractivity contribution in [3.8, 4) is 11.3 Å². The zero-order valence-corrected chi connectivity index (χ0v) is 12.6. The van der Waals surface area contributed by atoms with Gasteiger partial charge in [-0.3, -0.25) is 4.79 Å². The maximum Gasteiger partial charge on any atom is 0.267 e. The van der Waals surface area contributed by atoms with Gasteiger partial charge in [0, 0.05) is 11.7 Å². The summed E-state index contributed by atoms with van der Waals surface area (Å²) in [4.78, 5) is 15.4. The first-order chi connectivity index (χ1) is 9.83. The number of benzene rings is 1. The van der Waals surface area contributed by atoms with E-state index in [1.165, 1.54) is 0 Å². The van der Waals surface area contributed by atoms with Gasteiger partial charge in [-0.25, -0.2) is 0 Å². The van der Waals surface area contributed by atoms with E-state index in [1.54, 1.807) is 0 Å². The number of amides is 1. The molecule has 1 fully saturated rings. The van der Waals surface area contributed by atoms with E-state index in [2.05, 4.69) is 15.6 Å². The van der Waals surface area contributed by atoms with E-state index in [1.807, 2.05) is 42.5 Å². The van der Waals surface area contributed by atoms with Crippen molar-refractivity contribution < 1.29 is 4.79 Å². The van der Waals surface area contributed by atoms with Crippen molar-refractivity contribution in [1.29, 1.82) is 0 Å². The number of H-pyrrole nitrogens is 1. The number of carbonyl (C=O) groups is 1. The van der Waals surface area contributed by atoms with Gasteiger partial charge in [-0.1, -0.05) is 30.3 Å². The lowest BCUT2D eigenvalue weighted by molar-refractivity contribution is 0.0925. The molecule has 0 atom stereocenters. The van der Waals surface area contributed by atoms with Gasteiger partial charge in [0.25, 0.3) is 5.91 Å². The molecule has 2 aromatic rings. The number of halogens is 1. The largest absolute Gasteiger partial charge is 0.351 e. The fraction of sp³-hybridized carbons (Fsp3) is 0.312. The predicted octanol–water partition coefficient (Wildman–Crippen LogP) is 2.59. The fourth-order valence-corrected chi connectivity index (χ4v) is 2.54. The molecule has 3 rings (SSSR count). The molecule has 1 aliphatic heterocycles. The number of aromatic nitrogens is 1. The first kappa shape index (κ1) is 15.6. The van der Waals surface area contributed by atoms with Crippen molar-refractivity contribution in [3.05, 3.63) is 48.2 Å². The molecule has 5 heteroatoms. The van der Waals surface area contributed by atoms with Crippen LogP contribution in [0.1, 0.15) is 23.3 Å². The first-order valence-electron chi connectivity index (χ1n) is 7.09. The molecule has 4 nitrogen and oxygen atoms in total. The highest BCUT2D eigenvalue weighted by Gasteiger charge is 2.17. The molecular formula is C16H20ClN3O. The third-order valence-corrected chi connectivity index (χ3v) is 3.69. The summed E-state index contributed by atoms with van der Waals surface area (Å²) in [5, 5.41) is 6.38. The van der Waals surface area contributed by atoms with Gasteiger partial charge in [0.1, 0.15) is 5.69 Å². The Morgan fingerprint density at radius 1 is 1.05 bits per heavy atom. The molecule has 3 N–H and O–H groups in total. The second-order valence-electron chi connectivity index (χ2n) is 5.15. The summed E-state index contributed by atoms with van der Waals surface area (Å²) < 4.78 is 0. The highest BCUT2D eigenvalue weighted by molar-refractivity contribution is 5.93. The second-order valence-corrected chi connectivity index (χ2v) is 5.15. The van der Waals surface area contributed by atoms with E-state index in [0.717, 1.165) is 37.2 Å². The second kappa shape index (κ2) is 7.29. The molecule has 1 saturated heterocycles. The van der Waals surface area contributed by atoms with E-state index < -0.39 is 0 Å². The van der Waals surface area contributed by atoms with Gasteiger partial charge in [-0.05, 0) is 43.6 Å². The number of aromatic amines is 1. The standard InChI is InChI=1S/C16H19N3O.ClH/c20-16(18-13-8-10-17-11-9-13)15-7-6-14(19-15)12-4-2-1-3-5-12;/h1-7,13,17,19H,8-11H2,(H,18,20);1H. The lowest BCUT2D eigenvalue weighted by atomic mass is 10.1. The molecular weight excluding hydrogens is 286 g/mol. The minimum atomic E-state index is -0.0147. The van der Waals surface area contributed by atoms with Crippen LogP contribution >= 0.6 is 12.4 Å². The van der Waals surface area contributed by atoms with Crippen LogP contribution in [0.2, 0.25) is 0 Å². The van der Waals surface area contributed by atoms with Crippen molar-refractivity contribution in [2.24, 2.45) is 0 Å². The zero-order valence-electron chi connectivity index (χ0n) is 11.8. The maximum absolute atomic E-state index is 12.2. The zero-order chi connectivity index (χ0) is 13.8. The summed E-state index contributed by atoms with van der Waals surface area (Å²) in [6.07, 6.45) is 2.00. The van der Waals surface area contributed by atoms with E-state index in [-0.39, 0.29) is 24.4 Å². The Morgan fingerprint density at radius 2 is 1.76 bits per heavy atom. The Hall–Kier alpha value is -1.78. The van der Waals surface area contributed by atoms with Gasteiger partial charge in [-0.15, -0.1) is 12.4 Å². The third-order valence-electron chi connectivity index (χ3n) is 3.69. The number of piperidine rings is 1. The third kappa shape index (κ3) is 3.86. The SMILES string of the molecule is Cl.O=C(NC1CCNCC1)c1ccc(-c2ccccc2)[nH]1. The van der Waals surface area contributed by atoms with E-state index in [4.69, 9.17) is 0 Å². The number of hydrogen-bond donors (Lipinski definition) is 3. The quantitative estimate of drug-likeness (QED) is 0.816. The number of rotatable bonds is 3.